The maximum Gasteiger partial charge on any atom is 0.293 e. The van der Waals surface area contributed by atoms with Crippen molar-refractivity contribution >= 4 is 51.6 Å². The zero-order valence-electron chi connectivity index (χ0n) is 22.1. The number of morpholine rings is 1. The van der Waals surface area contributed by atoms with Crippen LogP contribution in [0.3, 0.4) is 0 Å². The highest BCUT2D eigenvalue weighted by atomic mass is 127. The van der Waals surface area contributed by atoms with Crippen molar-refractivity contribution in [1.29, 1.82) is 0 Å². The Hall–Kier alpha value is -4.03. The Kier molecular flexibility index (Phi) is 8.27. The Morgan fingerprint density at radius 2 is 1.62 bits per heavy atom. The highest BCUT2D eigenvalue weighted by Crippen LogP contribution is 2.28. The first-order valence-corrected chi connectivity index (χ1v) is 13.9. The van der Waals surface area contributed by atoms with Crippen LogP contribution in [0.2, 0.25) is 0 Å². The summed E-state index contributed by atoms with van der Waals surface area (Å²) in [7, 11) is 1.67. The van der Waals surface area contributed by atoms with E-state index < -0.39 is 0 Å². The second-order valence-electron chi connectivity index (χ2n) is 9.44. The first-order valence-electron chi connectivity index (χ1n) is 12.8. The third-order valence-corrected chi connectivity index (χ3v) is 7.45. The van der Waals surface area contributed by atoms with Crippen LogP contribution in [-0.4, -0.2) is 52.6 Å². The summed E-state index contributed by atoms with van der Waals surface area (Å²) >= 11 is 2.20. The normalized spacial score (nSPS) is 13.1. The third kappa shape index (κ3) is 6.07. The Balaban J connectivity index is 1.37. The van der Waals surface area contributed by atoms with E-state index in [0.29, 0.717) is 54.5 Å². The van der Waals surface area contributed by atoms with Crippen molar-refractivity contribution < 1.29 is 14.3 Å². The van der Waals surface area contributed by atoms with Gasteiger partial charge in [0.05, 0.1) is 18.9 Å². The lowest BCUT2D eigenvalue weighted by Crippen LogP contribution is -2.40. The average Bonchev–Trinajstić information content (AvgIpc) is 2.97. The first-order chi connectivity index (χ1) is 19.3. The van der Waals surface area contributed by atoms with Crippen LogP contribution < -0.4 is 16.2 Å². The lowest BCUT2D eigenvalue weighted by Gasteiger charge is -2.26. The summed E-state index contributed by atoms with van der Waals surface area (Å²) in [4.78, 5) is 44.9. The van der Waals surface area contributed by atoms with Crippen molar-refractivity contribution in [3.05, 3.63) is 104 Å². The van der Waals surface area contributed by atoms with Crippen molar-refractivity contribution in [3.8, 4) is 11.3 Å². The summed E-state index contributed by atoms with van der Waals surface area (Å²) in [6, 6.07) is 19.9. The minimum Gasteiger partial charge on any atom is -0.378 e. The van der Waals surface area contributed by atoms with Gasteiger partial charge in [-0.3, -0.25) is 14.4 Å². The van der Waals surface area contributed by atoms with E-state index in [0.717, 1.165) is 14.7 Å². The number of amides is 2. The first kappa shape index (κ1) is 27.5. The zero-order valence-corrected chi connectivity index (χ0v) is 24.3. The standard InChI is InChI=1S/C30H28IN5O4/c1-19-24(4-3-5-25(19)34-28(37)20-6-10-22(31)11-7-20)26-18-35(2)30(39)27(33-26)32-23-12-8-21(9-13-23)29(38)36-14-16-40-17-15-36/h3-13,18H,14-17H2,1-2H3,(H,32,33)(H,34,37). The minimum atomic E-state index is -0.293. The van der Waals surface area contributed by atoms with Crippen LogP contribution in [0.1, 0.15) is 26.3 Å². The van der Waals surface area contributed by atoms with Gasteiger partial charge >= 0.3 is 0 Å². The van der Waals surface area contributed by atoms with Crippen LogP contribution in [0.4, 0.5) is 17.2 Å². The molecule has 0 radical (unpaired) electrons. The number of carbonyl (C=O) groups excluding carboxylic acids is 2. The fraction of sp³-hybridized carbons (Fsp3) is 0.200. The quantitative estimate of drug-likeness (QED) is 0.290. The molecule has 1 fully saturated rings. The number of ether oxygens (including phenoxy) is 1. The fourth-order valence-corrected chi connectivity index (χ4v) is 4.80. The average molecular weight is 649 g/mol. The molecule has 0 unspecified atom stereocenters. The van der Waals surface area contributed by atoms with E-state index in [1.807, 2.05) is 37.3 Å². The second-order valence-corrected chi connectivity index (χ2v) is 10.7. The second kappa shape index (κ2) is 12.0. The van der Waals surface area contributed by atoms with Gasteiger partial charge in [-0.25, -0.2) is 4.98 Å². The molecule has 204 valence electrons. The monoisotopic (exact) mass is 649 g/mol. The Labute approximate surface area is 245 Å². The van der Waals surface area contributed by atoms with Gasteiger partial charge in [-0.2, -0.15) is 0 Å². The van der Waals surface area contributed by atoms with E-state index in [-0.39, 0.29) is 23.2 Å². The van der Waals surface area contributed by atoms with Crippen molar-refractivity contribution in [3.63, 3.8) is 0 Å². The molecule has 5 rings (SSSR count). The topological polar surface area (TPSA) is 106 Å². The predicted molar refractivity (Wildman–Crippen MR) is 163 cm³/mol. The molecule has 9 nitrogen and oxygen atoms in total. The largest absolute Gasteiger partial charge is 0.378 e. The molecule has 4 aromatic rings. The maximum absolute atomic E-state index is 12.9. The highest BCUT2D eigenvalue weighted by molar-refractivity contribution is 14.1. The summed E-state index contributed by atoms with van der Waals surface area (Å²) in [6.45, 7) is 4.13. The number of carbonyl (C=O) groups is 2. The van der Waals surface area contributed by atoms with Crippen LogP contribution >= 0.6 is 22.6 Å². The van der Waals surface area contributed by atoms with Crippen molar-refractivity contribution in [2.45, 2.75) is 6.92 Å². The van der Waals surface area contributed by atoms with Crippen molar-refractivity contribution in [2.24, 2.45) is 7.05 Å². The van der Waals surface area contributed by atoms with E-state index in [1.165, 1.54) is 4.57 Å². The summed E-state index contributed by atoms with van der Waals surface area (Å²) in [6.07, 6.45) is 1.67. The molecule has 0 atom stereocenters. The van der Waals surface area contributed by atoms with Gasteiger partial charge in [0, 0.05) is 58.0 Å². The number of rotatable bonds is 6. The smallest absolute Gasteiger partial charge is 0.293 e. The number of halogens is 1. The number of aromatic nitrogens is 2. The minimum absolute atomic E-state index is 0.0460. The van der Waals surface area contributed by atoms with Crippen molar-refractivity contribution in [1.82, 2.24) is 14.5 Å². The third-order valence-electron chi connectivity index (χ3n) is 6.73. The number of nitrogens with zero attached hydrogens (tertiary/aromatic N) is 3. The molecule has 1 aliphatic rings. The summed E-state index contributed by atoms with van der Waals surface area (Å²) in [5.74, 6) is -0.0988. The van der Waals surface area contributed by atoms with Gasteiger partial charge < -0.3 is 24.8 Å². The molecular formula is C30H28IN5O4. The van der Waals surface area contributed by atoms with E-state index in [9.17, 15) is 14.4 Å². The molecule has 1 aromatic heterocycles. The molecule has 1 aliphatic heterocycles. The predicted octanol–water partition coefficient (Wildman–Crippen LogP) is 4.83. The fourth-order valence-electron chi connectivity index (χ4n) is 4.44. The number of aryl methyl sites for hydroxylation is 1. The van der Waals surface area contributed by atoms with Crippen LogP contribution in [0.5, 0.6) is 0 Å². The van der Waals surface area contributed by atoms with Gasteiger partial charge in [0.25, 0.3) is 17.4 Å². The Morgan fingerprint density at radius 3 is 2.33 bits per heavy atom. The molecule has 3 aromatic carbocycles. The summed E-state index contributed by atoms with van der Waals surface area (Å²) < 4.78 is 7.85. The molecule has 2 N–H and O–H groups in total. The van der Waals surface area contributed by atoms with E-state index in [4.69, 9.17) is 4.74 Å². The van der Waals surface area contributed by atoms with E-state index in [1.54, 1.807) is 54.5 Å². The van der Waals surface area contributed by atoms with Gasteiger partial charge in [0.15, 0.2) is 5.82 Å². The SMILES string of the molecule is Cc1c(NC(=O)c2ccc(I)cc2)cccc1-c1cn(C)c(=O)c(Nc2ccc(C(=O)N3CCOCC3)cc2)n1. The number of benzene rings is 3. The molecule has 2 amide bonds. The van der Waals surface area contributed by atoms with E-state index in [2.05, 4.69) is 38.2 Å². The summed E-state index contributed by atoms with van der Waals surface area (Å²) in [5, 5.41) is 6.08. The lowest BCUT2D eigenvalue weighted by atomic mass is 10.0. The number of hydrogen-bond acceptors (Lipinski definition) is 6. The van der Waals surface area contributed by atoms with Gasteiger partial charge in [0.1, 0.15) is 0 Å². The number of hydrogen-bond donors (Lipinski definition) is 2. The maximum atomic E-state index is 12.9. The van der Waals surface area contributed by atoms with Gasteiger partial charge in [0.2, 0.25) is 0 Å². The van der Waals surface area contributed by atoms with Crippen LogP contribution in [-0.2, 0) is 11.8 Å². The molecule has 0 aliphatic carbocycles. The highest BCUT2D eigenvalue weighted by Gasteiger charge is 2.19. The molecule has 0 bridgehead atoms. The molecule has 10 heteroatoms. The van der Waals surface area contributed by atoms with Crippen molar-refractivity contribution in [2.75, 3.05) is 36.9 Å². The number of anilines is 3. The zero-order chi connectivity index (χ0) is 28.2. The van der Waals surface area contributed by atoms with Gasteiger partial charge in [-0.15, -0.1) is 0 Å². The van der Waals surface area contributed by atoms with Crippen LogP contribution in [0.25, 0.3) is 11.3 Å². The van der Waals surface area contributed by atoms with Crippen LogP contribution in [0, 0.1) is 10.5 Å². The molecule has 2 heterocycles. The van der Waals surface area contributed by atoms with Crippen LogP contribution in [0.15, 0.2) is 77.7 Å². The lowest BCUT2D eigenvalue weighted by molar-refractivity contribution is 0.0303. The molecular weight excluding hydrogens is 621 g/mol. The molecule has 0 spiro atoms. The molecule has 40 heavy (non-hydrogen) atoms. The Morgan fingerprint density at radius 1 is 0.950 bits per heavy atom. The summed E-state index contributed by atoms with van der Waals surface area (Å²) in [5.41, 5.74) is 4.32. The van der Waals surface area contributed by atoms with Gasteiger partial charge in [-0.1, -0.05) is 12.1 Å². The Bertz CT molecular complexity index is 1610. The number of nitrogens with one attached hydrogen (secondary N) is 2. The molecule has 1 saturated heterocycles. The van der Waals surface area contributed by atoms with E-state index >= 15 is 0 Å². The van der Waals surface area contributed by atoms with Gasteiger partial charge in [-0.05, 0) is 89.7 Å². The molecule has 0 saturated carbocycles.